The highest BCUT2D eigenvalue weighted by molar-refractivity contribution is 8.79. The van der Waals surface area contributed by atoms with Gasteiger partial charge in [0.2, 0.25) is 0 Å². The van der Waals surface area contributed by atoms with E-state index in [9.17, 15) is 0 Å². The number of hydrogen-bond donors (Lipinski definition) is 0. The predicted molar refractivity (Wildman–Crippen MR) is 86.7 cm³/mol. The van der Waals surface area contributed by atoms with Gasteiger partial charge in [0.25, 0.3) is 0 Å². The number of allylic oxidation sites excluding steroid dienone is 4. The van der Waals surface area contributed by atoms with E-state index in [0.29, 0.717) is 0 Å². The first-order chi connectivity index (χ1) is 8.17. The van der Waals surface area contributed by atoms with Gasteiger partial charge in [-0.1, -0.05) is 87.4 Å². The molecular formula is C16H24S2. The second-order valence-electron chi connectivity index (χ2n) is 7.24. The zero-order valence-electron chi connectivity index (χ0n) is 12.3. The van der Waals surface area contributed by atoms with E-state index in [1.165, 1.54) is 4.91 Å². The second-order valence-corrected chi connectivity index (χ2v) is 9.65. The second kappa shape index (κ2) is 4.49. The van der Waals surface area contributed by atoms with Gasteiger partial charge in [0.15, 0.2) is 0 Å². The molecule has 0 aromatic heterocycles. The Hall–Kier alpha value is -0.0800. The van der Waals surface area contributed by atoms with E-state index in [2.05, 4.69) is 65.8 Å². The minimum Gasteiger partial charge on any atom is -0.0804 e. The summed E-state index contributed by atoms with van der Waals surface area (Å²) in [6.07, 6.45) is 10.5. The third-order valence-corrected chi connectivity index (χ3v) is 7.52. The molecule has 0 nitrogen and oxygen atoms in total. The molecule has 2 aliphatic rings. The van der Waals surface area contributed by atoms with Gasteiger partial charge in [-0.15, -0.1) is 0 Å². The zero-order valence-corrected chi connectivity index (χ0v) is 14.0. The van der Waals surface area contributed by atoms with Crippen LogP contribution in [0, 0.1) is 10.8 Å². The highest BCUT2D eigenvalue weighted by atomic mass is 33.1. The first-order valence-electron chi connectivity index (χ1n) is 6.62. The van der Waals surface area contributed by atoms with Crippen LogP contribution in [0.3, 0.4) is 0 Å². The number of rotatable bonds is 1. The molecule has 1 unspecified atom stereocenters. The van der Waals surface area contributed by atoms with Gasteiger partial charge in [0.1, 0.15) is 0 Å². The van der Waals surface area contributed by atoms with E-state index in [0.717, 1.165) is 6.42 Å². The lowest BCUT2D eigenvalue weighted by molar-refractivity contribution is 0.359. The van der Waals surface area contributed by atoms with Gasteiger partial charge in [0, 0.05) is 0 Å². The summed E-state index contributed by atoms with van der Waals surface area (Å²) in [5, 5.41) is 0. The molecule has 0 saturated carbocycles. The maximum Gasteiger partial charge on any atom is 0.0720 e. The minimum absolute atomic E-state index is 0.157. The van der Waals surface area contributed by atoms with Crippen LogP contribution < -0.4 is 0 Å². The molecule has 0 spiro atoms. The normalized spacial score (nSPS) is 28.6. The van der Waals surface area contributed by atoms with Gasteiger partial charge in [0.05, 0.1) is 4.75 Å². The van der Waals surface area contributed by atoms with Crippen molar-refractivity contribution in [1.82, 2.24) is 0 Å². The van der Waals surface area contributed by atoms with Crippen molar-refractivity contribution in [2.24, 2.45) is 10.8 Å². The lowest BCUT2D eigenvalue weighted by Gasteiger charge is -2.40. The average molecular weight is 281 g/mol. The SMILES string of the molecule is CC(C)(C)C1=CC(C2=CC=CC2)(C(C)(C)C)SS1. The van der Waals surface area contributed by atoms with Gasteiger partial charge in [-0.3, -0.25) is 0 Å². The van der Waals surface area contributed by atoms with Crippen molar-refractivity contribution in [1.29, 1.82) is 0 Å². The van der Waals surface area contributed by atoms with Crippen LogP contribution in [0.25, 0.3) is 0 Å². The minimum atomic E-state index is 0.157. The summed E-state index contributed by atoms with van der Waals surface area (Å²) in [6.45, 7) is 14.0. The highest BCUT2D eigenvalue weighted by Crippen LogP contribution is 2.64. The lowest BCUT2D eigenvalue weighted by Crippen LogP contribution is -2.37. The standard InChI is InChI=1S/C16H24S2/c1-14(2,3)13-11-16(18-17-13,15(4,5)6)12-9-7-8-10-12/h7-9,11H,10H2,1-6H3. The van der Waals surface area contributed by atoms with Crippen LogP contribution in [-0.4, -0.2) is 4.75 Å². The molecule has 0 N–H and O–H groups in total. The summed E-state index contributed by atoms with van der Waals surface area (Å²) in [6, 6.07) is 0. The monoisotopic (exact) mass is 280 g/mol. The van der Waals surface area contributed by atoms with E-state index in [1.807, 2.05) is 21.6 Å². The fourth-order valence-electron chi connectivity index (χ4n) is 2.38. The fourth-order valence-corrected chi connectivity index (χ4v) is 6.60. The van der Waals surface area contributed by atoms with Gasteiger partial charge in [-0.2, -0.15) is 0 Å². The fraction of sp³-hybridized carbons (Fsp3) is 0.625. The quantitative estimate of drug-likeness (QED) is 0.542. The van der Waals surface area contributed by atoms with Crippen molar-refractivity contribution in [2.75, 3.05) is 0 Å². The smallest absolute Gasteiger partial charge is 0.0720 e. The first-order valence-corrected chi connectivity index (χ1v) is 8.77. The summed E-state index contributed by atoms with van der Waals surface area (Å²) in [7, 11) is 4.02. The van der Waals surface area contributed by atoms with E-state index in [-0.39, 0.29) is 15.6 Å². The van der Waals surface area contributed by atoms with Crippen molar-refractivity contribution >= 4 is 21.6 Å². The van der Waals surface area contributed by atoms with E-state index >= 15 is 0 Å². The molecule has 0 bridgehead atoms. The summed E-state index contributed by atoms with van der Waals surface area (Å²) in [4.78, 5) is 1.52. The summed E-state index contributed by atoms with van der Waals surface area (Å²) >= 11 is 0. The molecule has 0 aromatic rings. The third kappa shape index (κ3) is 2.34. The largest absolute Gasteiger partial charge is 0.0804 e. The van der Waals surface area contributed by atoms with Gasteiger partial charge >= 0.3 is 0 Å². The Morgan fingerprint density at radius 1 is 1.11 bits per heavy atom. The van der Waals surface area contributed by atoms with Crippen LogP contribution in [0.1, 0.15) is 48.0 Å². The Labute approximate surface area is 120 Å². The maximum atomic E-state index is 2.54. The molecule has 0 saturated heterocycles. The highest BCUT2D eigenvalue weighted by Gasteiger charge is 2.48. The lowest BCUT2D eigenvalue weighted by atomic mass is 9.73. The molecule has 1 aliphatic carbocycles. The van der Waals surface area contributed by atoms with Crippen LogP contribution in [0.4, 0.5) is 0 Å². The summed E-state index contributed by atoms with van der Waals surface area (Å²) in [5.74, 6) is 0. The van der Waals surface area contributed by atoms with Gasteiger partial charge < -0.3 is 0 Å². The van der Waals surface area contributed by atoms with Crippen molar-refractivity contribution in [3.8, 4) is 0 Å². The van der Waals surface area contributed by atoms with E-state index in [1.54, 1.807) is 5.57 Å². The molecule has 1 aliphatic heterocycles. The third-order valence-electron chi connectivity index (χ3n) is 3.70. The Bertz CT molecular complexity index is 427. The molecule has 1 heterocycles. The van der Waals surface area contributed by atoms with E-state index in [4.69, 9.17) is 0 Å². The molecule has 0 radical (unpaired) electrons. The topological polar surface area (TPSA) is 0 Å². The first kappa shape index (κ1) is 14.3. The average Bonchev–Trinajstić information content (AvgIpc) is 2.85. The Kier molecular flexibility index (Phi) is 3.57. The van der Waals surface area contributed by atoms with Crippen LogP contribution in [-0.2, 0) is 0 Å². The van der Waals surface area contributed by atoms with E-state index < -0.39 is 0 Å². The van der Waals surface area contributed by atoms with Crippen molar-refractivity contribution in [3.05, 3.63) is 34.8 Å². The van der Waals surface area contributed by atoms with Crippen LogP contribution in [0.5, 0.6) is 0 Å². The van der Waals surface area contributed by atoms with Gasteiger partial charge in [-0.05, 0) is 27.7 Å². The van der Waals surface area contributed by atoms with Crippen LogP contribution in [0.2, 0.25) is 0 Å². The number of hydrogen-bond acceptors (Lipinski definition) is 2. The molecule has 0 fully saturated rings. The van der Waals surface area contributed by atoms with Crippen LogP contribution >= 0.6 is 21.6 Å². The zero-order chi connectivity index (χ0) is 13.6. The Morgan fingerprint density at radius 3 is 2.17 bits per heavy atom. The van der Waals surface area contributed by atoms with Crippen molar-refractivity contribution in [3.63, 3.8) is 0 Å². The molecule has 0 amide bonds. The Morgan fingerprint density at radius 2 is 1.78 bits per heavy atom. The molecule has 2 heteroatoms. The van der Waals surface area contributed by atoms with Crippen LogP contribution in [0.15, 0.2) is 34.8 Å². The molecular weight excluding hydrogens is 256 g/mol. The molecule has 0 aromatic carbocycles. The molecule has 1 atom stereocenters. The van der Waals surface area contributed by atoms with Gasteiger partial charge in [-0.25, -0.2) is 0 Å². The van der Waals surface area contributed by atoms with Crippen molar-refractivity contribution < 1.29 is 0 Å². The summed E-state index contributed by atoms with van der Waals surface area (Å²) in [5.41, 5.74) is 2.07. The summed E-state index contributed by atoms with van der Waals surface area (Å²) < 4.78 is 0.157. The maximum absolute atomic E-state index is 2.54. The van der Waals surface area contributed by atoms with Crippen molar-refractivity contribution in [2.45, 2.75) is 52.7 Å². The predicted octanol–water partition coefficient (Wildman–Crippen LogP) is 5.98. The molecule has 2 rings (SSSR count). The molecule has 100 valence electrons. The Balaban J connectivity index is 2.44. The molecule has 18 heavy (non-hydrogen) atoms.